The Hall–Kier alpha value is -2.07. The zero-order valence-electron chi connectivity index (χ0n) is 11.3. The van der Waals surface area contributed by atoms with Crippen LogP contribution in [0.15, 0.2) is 42.5 Å². The fraction of sp³-hybridized carbons (Fsp3) is 0.200. The normalized spacial score (nSPS) is 11.9. The monoisotopic (exact) mass is 290 g/mol. The van der Waals surface area contributed by atoms with Gasteiger partial charge in [-0.3, -0.25) is 10.1 Å². The number of nitro benzene ring substituents is 1. The van der Waals surface area contributed by atoms with Crippen LogP contribution in [0.5, 0.6) is 0 Å². The van der Waals surface area contributed by atoms with Crippen LogP contribution in [-0.4, -0.2) is 4.92 Å². The molecule has 1 unspecified atom stereocenters. The summed E-state index contributed by atoms with van der Waals surface area (Å²) in [6.45, 7) is 3.82. The van der Waals surface area contributed by atoms with Crippen molar-refractivity contribution >= 4 is 23.0 Å². The second-order valence-corrected chi connectivity index (χ2v) is 5.07. The van der Waals surface area contributed by atoms with Gasteiger partial charge < -0.3 is 5.32 Å². The third-order valence-corrected chi connectivity index (χ3v) is 3.44. The number of halogens is 1. The highest BCUT2D eigenvalue weighted by Gasteiger charge is 2.17. The molecule has 0 heterocycles. The Labute approximate surface area is 122 Å². The average molecular weight is 291 g/mol. The van der Waals surface area contributed by atoms with E-state index in [1.165, 1.54) is 6.07 Å². The van der Waals surface area contributed by atoms with E-state index in [-0.39, 0.29) is 16.7 Å². The molecule has 0 amide bonds. The molecule has 0 saturated heterocycles. The Kier molecular flexibility index (Phi) is 4.25. The highest BCUT2D eigenvalue weighted by molar-refractivity contribution is 6.31. The van der Waals surface area contributed by atoms with E-state index in [0.29, 0.717) is 10.7 Å². The van der Waals surface area contributed by atoms with Gasteiger partial charge in [0, 0.05) is 11.1 Å². The largest absolute Gasteiger partial charge is 0.373 e. The molecule has 0 radical (unpaired) electrons. The lowest BCUT2D eigenvalue weighted by atomic mass is 10.1. The first kappa shape index (κ1) is 14.3. The molecule has 0 saturated carbocycles. The summed E-state index contributed by atoms with van der Waals surface area (Å²) < 4.78 is 0. The molecule has 2 rings (SSSR count). The molecule has 0 aliphatic carbocycles. The van der Waals surface area contributed by atoms with Crippen molar-refractivity contribution in [3.63, 3.8) is 0 Å². The summed E-state index contributed by atoms with van der Waals surface area (Å²) in [6, 6.07) is 12.3. The molecule has 0 spiro atoms. The average Bonchev–Trinajstić information content (AvgIpc) is 2.38. The number of hydrogen-bond acceptors (Lipinski definition) is 3. The van der Waals surface area contributed by atoms with Crippen LogP contribution in [-0.2, 0) is 0 Å². The van der Waals surface area contributed by atoms with Crippen LogP contribution in [0.3, 0.4) is 0 Å². The van der Waals surface area contributed by atoms with Crippen LogP contribution in [0.4, 0.5) is 11.4 Å². The molecule has 104 valence electrons. The van der Waals surface area contributed by atoms with E-state index in [1.54, 1.807) is 18.2 Å². The summed E-state index contributed by atoms with van der Waals surface area (Å²) in [5, 5.41) is 14.9. The second-order valence-electron chi connectivity index (χ2n) is 4.67. The SMILES string of the molecule is Cc1ccc([N+](=O)[O-])c(NC(C)c2ccccc2Cl)c1. The molecule has 1 N–H and O–H groups in total. The molecule has 4 nitrogen and oxygen atoms in total. The lowest BCUT2D eigenvalue weighted by Gasteiger charge is -2.17. The Morgan fingerprint density at radius 1 is 1.25 bits per heavy atom. The van der Waals surface area contributed by atoms with Gasteiger partial charge >= 0.3 is 0 Å². The molecule has 2 aromatic rings. The number of hydrogen-bond donors (Lipinski definition) is 1. The zero-order chi connectivity index (χ0) is 14.7. The maximum absolute atomic E-state index is 11.1. The highest BCUT2D eigenvalue weighted by Crippen LogP contribution is 2.31. The smallest absolute Gasteiger partial charge is 0.292 e. The van der Waals surface area contributed by atoms with E-state index in [4.69, 9.17) is 11.6 Å². The minimum Gasteiger partial charge on any atom is -0.373 e. The van der Waals surface area contributed by atoms with Crippen molar-refractivity contribution in [1.82, 2.24) is 0 Å². The summed E-state index contributed by atoms with van der Waals surface area (Å²) in [7, 11) is 0. The molecule has 1 atom stereocenters. The third-order valence-electron chi connectivity index (χ3n) is 3.09. The van der Waals surface area contributed by atoms with Crippen molar-refractivity contribution in [2.24, 2.45) is 0 Å². The van der Waals surface area contributed by atoms with Gasteiger partial charge in [-0.25, -0.2) is 0 Å². The van der Waals surface area contributed by atoms with Crippen molar-refractivity contribution < 1.29 is 4.92 Å². The van der Waals surface area contributed by atoms with Gasteiger partial charge in [0.1, 0.15) is 5.69 Å². The van der Waals surface area contributed by atoms with Gasteiger partial charge in [-0.2, -0.15) is 0 Å². The van der Waals surface area contributed by atoms with Crippen molar-refractivity contribution in [3.8, 4) is 0 Å². The molecular formula is C15H15ClN2O2. The summed E-state index contributed by atoms with van der Waals surface area (Å²) in [5.74, 6) is 0. The molecule has 5 heteroatoms. The number of anilines is 1. The van der Waals surface area contributed by atoms with Gasteiger partial charge in [-0.15, -0.1) is 0 Å². The van der Waals surface area contributed by atoms with Gasteiger partial charge in [-0.1, -0.05) is 35.9 Å². The lowest BCUT2D eigenvalue weighted by Crippen LogP contribution is -2.09. The summed E-state index contributed by atoms with van der Waals surface area (Å²) in [5.41, 5.74) is 2.44. The van der Waals surface area contributed by atoms with Crippen LogP contribution in [0.2, 0.25) is 5.02 Å². The molecule has 0 aliphatic heterocycles. The first-order valence-electron chi connectivity index (χ1n) is 6.25. The predicted octanol–water partition coefficient (Wildman–Crippen LogP) is 4.73. The number of aryl methyl sites for hydroxylation is 1. The molecule has 0 fully saturated rings. The fourth-order valence-corrected chi connectivity index (χ4v) is 2.36. The van der Waals surface area contributed by atoms with Gasteiger partial charge in [0.2, 0.25) is 0 Å². The first-order chi connectivity index (χ1) is 9.49. The highest BCUT2D eigenvalue weighted by atomic mass is 35.5. The number of nitrogens with one attached hydrogen (secondary N) is 1. The lowest BCUT2D eigenvalue weighted by molar-refractivity contribution is -0.384. The molecule has 0 aliphatic rings. The van der Waals surface area contributed by atoms with Crippen molar-refractivity contribution in [2.45, 2.75) is 19.9 Å². The van der Waals surface area contributed by atoms with Crippen LogP contribution < -0.4 is 5.32 Å². The fourth-order valence-electron chi connectivity index (χ4n) is 2.06. The third kappa shape index (κ3) is 3.08. The number of nitro groups is 1. The summed E-state index contributed by atoms with van der Waals surface area (Å²) in [6.07, 6.45) is 0. The predicted molar refractivity (Wildman–Crippen MR) is 81.3 cm³/mol. The summed E-state index contributed by atoms with van der Waals surface area (Å²) in [4.78, 5) is 10.7. The number of benzene rings is 2. The minimum absolute atomic E-state index is 0.0644. The van der Waals surface area contributed by atoms with E-state index in [0.717, 1.165) is 11.1 Å². The van der Waals surface area contributed by atoms with Crippen LogP contribution in [0.25, 0.3) is 0 Å². The van der Waals surface area contributed by atoms with Crippen LogP contribution >= 0.6 is 11.6 Å². The second kappa shape index (κ2) is 5.92. The maximum atomic E-state index is 11.1. The molecular weight excluding hydrogens is 276 g/mol. The number of rotatable bonds is 4. The quantitative estimate of drug-likeness (QED) is 0.654. The topological polar surface area (TPSA) is 55.2 Å². The molecule has 0 aromatic heterocycles. The molecule has 2 aromatic carbocycles. The first-order valence-corrected chi connectivity index (χ1v) is 6.63. The van der Waals surface area contributed by atoms with E-state index in [9.17, 15) is 10.1 Å². The summed E-state index contributed by atoms with van der Waals surface area (Å²) >= 11 is 6.15. The Balaban J connectivity index is 2.32. The number of nitrogens with zero attached hydrogens (tertiary/aromatic N) is 1. The van der Waals surface area contributed by atoms with Crippen LogP contribution in [0.1, 0.15) is 24.1 Å². The van der Waals surface area contributed by atoms with E-state index >= 15 is 0 Å². The molecule has 0 bridgehead atoms. The van der Waals surface area contributed by atoms with Gasteiger partial charge in [0.05, 0.1) is 11.0 Å². The van der Waals surface area contributed by atoms with Gasteiger partial charge in [-0.05, 0) is 37.1 Å². The maximum Gasteiger partial charge on any atom is 0.292 e. The van der Waals surface area contributed by atoms with E-state index in [2.05, 4.69) is 5.32 Å². The minimum atomic E-state index is -0.388. The van der Waals surface area contributed by atoms with Gasteiger partial charge in [0.15, 0.2) is 0 Å². The van der Waals surface area contributed by atoms with Crippen molar-refractivity contribution in [2.75, 3.05) is 5.32 Å². The van der Waals surface area contributed by atoms with Crippen molar-refractivity contribution in [3.05, 3.63) is 68.7 Å². The van der Waals surface area contributed by atoms with Crippen LogP contribution in [0, 0.1) is 17.0 Å². The molecule has 20 heavy (non-hydrogen) atoms. The Morgan fingerprint density at radius 2 is 1.95 bits per heavy atom. The van der Waals surface area contributed by atoms with Gasteiger partial charge in [0.25, 0.3) is 5.69 Å². The van der Waals surface area contributed by atoms with E-state index in [1.807, 2.05) is 32.0 Å². The van der Waals surface area contributed by atoms with Crippen molar-refractivity contribution in [1.29, 1.82) is 0 Å². The standard InChI is InChI=1S/C15H15ClN2O2/c1-10-7-8-15(18(19)20)14(9-10)17-11(2)12-5-3-4-6-13(12)16/h3-9,11,17H,1-2H3. The Morgan fingerprint density at radius 3 is 2.60 bits per heavy atom. The zero-order valence-corrected chi connectivity index (χ0v) is 12.0. The van der Waals surface area contributed by atoms with E-state index < -0.39 is 0 Å². The Bertz CT molecular complexity index is 644.